The molecule has 0 aliphatic rings. The summed E-state index contributed by atoms with van der Waals surface area (Å²) in [6, 6.07) is 4.38. The van der Waals surface area contributed by atoms with Gasteiger partial charge in [-0.05, 0) is 12.1 Å². The van der Waals surface area contributed by atoms with Crippen LogP contribution in [0.15, 0.2) is 24.3 Å². The van der Waals surface area contributed by atoms with Gasteiger partial charge in [-0.25, -0.2) is 0 Å². The second-order valence-electron chi connectivity index (χ2n) is 3.83. The summed E-state index contributed by atoms with van der Waals surface area (Å²) in [5.74, 6) is 0. The molecule has 9 heteroatoms. The molecule has 4 nitrogen and oxygen atoms in total. The number of nitro groups is 1. The van der Waals surface area contributed by atoms with Crippen molar-refractivity contribution < 1.29 is 18.1 Å². The van der Waals surface area contributed by atoms with Gasteiger partial charge >= 0.3 is 6.18 Å². The van der Waals surface area contributed by atoms with E-state index in [9.17, 15) is 23.3 Å². The average molecular weight is 325 g/mol. The Labute approximate surface area is 120 Å². The fourth-order valence-electron chi connectivity index (χ4n) is 1.61. The highest BCUT2D eigenvalue weighted by Gasteiger charge is 2.36. The van der Waals surface area contributed by atoms with Gasteiger partial charge in [0.1, 0.15) is 11.4 Å². The van der Waals surface area contributed by atoms with Crippen molar-refractivity contribution in [2.75, 3.05) is 0 Å². The van der Waals surface area contributed by atoms with E-state index in [4.69, 9.17) is 23.2 Å². The first-order valence-corrected chi connectivity index (χ1v) is 5.85. The maximum absolute atomic E-state index is 12.6. The highest BCUT2D eigenvalue weighted by Crippen LogP contribution is 2.38. The van der Waals surface area contributed by atoms with Crippen molar-refractivity contribution in [1.82, 2.24) is 4.98 Å². The highest BCUT2D eigenvalue weighted by molar-refractivity contribution is 6.42. The lowest BCUT2D eigenvalue weighted by Gasteiger charge is -2.03. The van der Waals surface area contributed by atoms with Crippen LogP contribution in [0.4, 0.5) is 18.9 Å². The van der Waals surface area contributed by atoms with Gasteiger partial charge in [0.05, 0.1) is 15.0 Å². The SMILES string of the molecule is O=[N+]([O-])c1cc(C(F)(F)F)[nH]c1-c1ccc(Cl)c(Cl)c1. The molecule has 1 aromatic carbocycles. The quantitative estimate of drug-likeness (QED) is 0.629. The topological polar surface area (TPSA) is 58.9 Å². The molecule has 1 N–H and O–H groups in total. The molecule has 0 fully saturated rings. The van der Waals surface area contributed by atoms with Crippen molar-refractivity contribution >= 4 is 28.9 Å². The molecule has 20 heavy (non-hydrogen) atoms. The molecule has 2 aromatic rings. The van der Waals surface area contributed by atoms with E-state index in [1.54, 1.807) is 0 Å². The molecule has 1 aromatic heterocycles. The minimum absolute atomic E-state index is 0.0848. The first-order chi connectivity index (χ1) is 9.20. The Morgan fingerprint density at radius 2 is 1.80 bits per heavy atom. The number of H-pyrrole nitrogens is 1. The maximum atomic E-state index is 12.6. The van der Waals surface area contributed by atoms with Crippen molar-refractivity contribution in [2.24, 2.45) is 0 Å². The molecule has 0 saturated heterocycles. The van der Waals surface area contributed by atoms with Crippen molar-refractivity contribution in [3.63, 3.8) is 0 Å². The number of rotatable bonds is 2. The monoisotopic (exact) mass is 324 g/mol. The second-order valence-corrected chi connectivity index (χ2v) is 4.64. The molecular weight excluding hydrogens is 320 g/mol. The summed E-state index contributed by atoms with van der Waals surface area (Å²) in [5, 5.41) is 11.1. The van der Waals surface area contributed by atoms with Crippen LogP contribution in [0.25, 0.3) is 11.3 Å². The van der Waals surface area contributed by atoms with Crippen molar-refractivity contribution in [3.05, 3.63) is 50.1 Å². The van der Waals surface area contributed by atoms with Crippen LogP contribution in [-0.4, -0.2) is 9.91 Å². The number of aromatic amines is 1. The van der Waals surface area contributed by atoms with Crippen LogP contribution in [0.3, 0.4) is 0 Å². The van der Waals surface area contributed by atoms with Gasteiger partial charge in [0.25, 0.3) is 5.69 Å². The Balaban J connectivity index is 2.63. The maximum Gasteiger partial charge on any atom is 0.431 e. The van der Waals surface area contributed by atoms with Gasteiger partial charge in [-0.3, -0.25) is 10.1 Å². The Morgan fingerprint density at radius 3 is 2.30 bits per heavy atom. The second kappa shape index (κ2) is 4.99. The van der Waals surface area contributed by atoms with Gasteiger partial charge in [0.2, 0.25) is 0 Å². The largest absolute Gasteiger partial charge is 0.431 e. The number of alkyl halides is 3. The third-order valence-corrected chi connectivity index (χ3v) is 3.25. The summed E-state index contributed by atoms with van der Waals surface area (Å²) >= 11 is 11.4. The van der Waals surface area contributed by atoms with Crippen LogP contribution in [0, 0.1) is 10.1 Å². The molecule has 0 atom stereocenters. The summed E-state index contributed by atoms with van der Waals surface area (Å²) in [4.78, 5) is 11.9. The summed E-state index contributed by atoms with van der Waals surface area (Å²) in [6.07, 6.45) is -4.71. The van der Waals surface area contributed by atoms with Gasteiger partial charge in [0, 0.05) is 11.6 Å². The Hall–Kier alpha value is -1.73. The Kier molecular flexibility index (Phi) is 3.66. The first-order valence-electron chi connectivity index (χ1n) is 5.10. The van der Waals surface area contributed by atoms with Crippen LogP contribution < -0.4 is 0 Å². The number of hydrogen-bond acceptors (Lipinski definition) is 2. The smallest absolute Gasteiger partial charge is 0.345 e. The minimum atomic E-state index is -4.71. The predicted molar refractivity (Wildman–Crippen MR) is 67.9 cm³/mol. The van der Waals surface area contributed by atoms with E-state index in [0.717, 1.165) is 0 Å². The van der Waals surface area contributed by atoms with Crippen molar-refractivity contribution in [1.29, 1.82) is 0 Å². The molecule has 0 aliphatic carbocycles. The summed E-state index contributed by atoms with van der Waals surface area (Å²) < 4.78 is 37.8. The number of benzene rings is 1. The number of halogens is 5. The number of aromatic nitrogens is 1. The molecule has 0 spiro atoms. The third-order valence-electron chi connectivity index (χ3n) is 2.51. The van der Waals surface area contributed by atoms with Crippen molar-refractivity contribution in [2.45, 2.75) is 6.18 Å². The molecule has 0 bridgehead atoms. The number of nitrogens with zero attached hydrogens (tertiary/aromatic N) is 1. The van der Waals surface area contributed by atoms with Crippen molar-refractivity contribution in [3.8, 4) is 11.3 Å². The first kappa shape index (κ1) is 14.7. The molecule has 0 aliphatic heterocycles. The van der Waals surface area contributed by atoms with Gasteiger partial charge in [-0.15, -0.1) is 0 Å². The van der Waals surface area contributed by atoms with Gasteiger partial charge < -0.3 is 4.98 Å². The normalized spacial score (nSPS) is 11.7. The number of hydrogen-bond donors (Lipinski definition) is 1. The van der Waals surface area contributed by atoms with Crippen LogP contribution >= 0.6 is 23.2 Å². The lowest BCUT2D eigenvalue weighted by Crippen LogP contribution is -2.04. The fourth-order valence-corrected chi connectivity index (χ4v) is 1.91. The minimum Gasteiger partial charge on any atom is -0.345 e. The molecule has 2 rings (SSSR count). The lowest BCUT2D eigenvalue weighted by atomic mass is 10.1. The van der Waals surface area contributed by atoms with Crippen LogP contribution in [-0.2, 0) is 6.18 Å². The summed E-state index contributed by atoms with van der Waals surface area (Å²) in [7, 11) is 0. The van der Waals surface area contributed by atoms with E-state index in [1.165, 1.54) is 18.2 Å². The Morgan fingerprint density at radius 1 is 1.15 bits per heavy atom. The number of nitrogens with one attached hydrogen (secondary N) is 1. The molecule has 106 valence electrons. The Bertz CT molecular complexity index is 683. The summed E-state index contributed by atoms with van der Waals surface area (Å²) in [6.45, 7) is 0. The average Bonchev–Trinajstić information content (AvgIpc) is 2.77. The van der Waals surface area contributed by atoms with E-state index < -0.39 is 22.5 Å². The standard InChI is InChI=1S/C11H5Cl2F3N2O2/c12-6-2-1-5(3-7(6)13)10-8(18(19)20)4-9(17-10)11(14,15)16/h1-4,17H. The van der Waals surface area contributed by atoms with Crippen LogP contribution in [0.1, 0.15) is 5.69 Å². The van der Waals surface area contributed by atoms with Gasteiger partial charge in [-0.1, -0.05) is 29.3 Å². The fraction of sp³-hybridized carbons (Fsp3) is 0.0909. The third kappa shape index (κ3) is 2.73. The van der Waals surface area contributed by atoms with E-state index in [-0.39, 0.29) is 21.3 Å². The van der Waals surface area contributed by atoms with Gasteiger partial charge in [0.15, 0.2) is 0 Å². The zero-order valence-electron chi connectivity index (χ0n) is 9.46. The molecule has 0 saturated carbocycles. The summed E-state index contributed by atoms with van der Waals surface area (Å²) in [5.41, 5.74) is -2.02. The van der Waals surface area contributed by atoms with E-state index >= 15 is 0 Å². The zero-order valence-corrected chi connectivity index (χ0v) is 11.0. The lowest BCUT2D eigenvalue weighted by molar-refractivity contribution is -0.384. The molecule has 1 heterocycles. The van der Waals surface area contributed by atoms with E-state index in [2.05, 4.69) is 0 Å². The van der Waals surface area contributed by atoms with Gasteiger partial charge in [-0.2, -0.15) is 13.2 Å². The highest BCUT2D eigenvalue weighted by atomic mass is 35.5. The zero-order chi connectivity index (χ0) is 15.1. The molecule has 0 radical (unpaired) electrons. The molecule has 0 amide bonds. The predicted octanol–water partition coefficient (Wildman–Crippen LogP) is 4.92. The van der Waals surface area contributed by atoms with E-state index in [1.807, 2.05) is 4.98 Å². The molecular formula is C11H5Cl2F3N2O2. The van der Waals surface area contributed by atoms with Crippen LogP contribution in [0.5, 0.6) is 0 Å². The molecule has 0 unspecified atom stereocenters. The van der Waals surface area contributed by atoms with Crippen LogP contribution in [0.2, 0.25) is 10.0 Å². The van der Waals surface area contributed by atoms with E-state index in [0.29, 0.717) is 6.07 Å².